The van der Waals surface area contributed by atoms with Crippen LogP contribution in [0.5, 0.6) is 0 Å². The maximum atomic E-state index is 4.56. The molecule has 0 fully saturated rings. The first-order valence-electron chi connectivity index (χ1n) is 6.00. The van der Waals surface area contributed by atoms with Crippen LogP contribution in [-0.2, 0) is 0 Å². The predicted octanol–water partition coefficient (Wildman–Crippen LogP) is 3.84. The van der Waals surface area contributed by atoms with Gasteiger partial charge in [0.2, 0.25) is 0 Å². The molecule has 0 aliphatic carbocycles. The monoisotopic (exact) mass is 214 g/mol. The van der Waals surface area contributed by atoms with E-state index in [1.165, 1.54) is 24.6 Å². The van der Waals surface area contributed by atoms with E-state index in [9.17, 15) is 0 Å². The molecule has 2 aromatic rings. The third-order valence-corrected chi connectivity index (χ3v) is 2.68. The Kier molecular flexibility index (Phi) is 3.76. The lowest BCUT2D eigenvalue weighted by atomic mass is 10.2. The van der Waals surface area contributed by atoms with Crippen molar-refractivity contribution in [3.63, 3.8) is 0 Å². The minimum atomic E-state index is 0.981. The van der Waals surface area contributed by atoms with E-state index in [2.05, 4.69) is 29.4 Å². The van der Waals surface area contributed by atoms with Gasteiger partial charge < -0.3 is 5.32 Å². The molecule has 0 atom stereocenters. The van der Waals surface area contributed by atoms with Gasteiger partial charge in [-0.3, -0.25) is 0 Å². The molecule has 0 aliphatic rings. The van der Waals surface area contributed by atoms with Gasteiger partial charge in [-0.15, -0.1) is 0 Å². The zero-order chi connectivity index (χ0) is 11.2. The summed E-state index contributed by atoms with van der Waals surface area (Å²) < 4.78 is 0. The maximum Gasteiger partial charge on any atom is 0.126 e. The van der Waals surface area contributed by atoms with Crippen LogP contribution in [0.15, 0.2) is 36.4 Å². The predicted molar refractivity (Wildman–Crippen MR) is 69.8 cm³/mol. The molecular weight excluding hydrogens is 196 g/mol. The highest BCUT2D eigenvalue weighted by Gasteiger charge is 1.96. The first-order valence-corrected chi connectivity index (χ1v) is 6.00. The van der Waals surface area contributed by atoms with Crippen LogP contribution >= 0.6 is 0 Å². The number of fused-ring (bicyclic) bond motifs is 1. The SMILES string of the molecule is CCCCCNc1ccc2ccccc2n1. The minimum absolute atomic E-state index is 0.981. The van der Waals surface area contributed by atoms with Crippen molar-refractivity contribution in [2.45, 2.75) is 26.2 Å². The first kappa shape index (κ1) is 10.9. The Morgan fingerprint density at radius 1 is 1.06 bits per heavy atom. The molecule has 16 heavy (non-hydrogen) atoms. The van der Waals surface area contributed by atoms with Crippen LogP contribution in [0.4, 0.5) is 5.82 Å². The lowest BCUT2D eigenvalue weighted by Crippen LogP contribution is -2.02. The molecule has 0 amide bonds. The van der Waals surface area contributed by atoms with Crippen molar-refractivity contribution < 1.29 is 0 Å². The summed E-state index contributed by atoms with van der Waals surface area (Å²) in [6.07, 6.45) is 3.75. The van der Waals surface area contributed by atoms with E-state index in [-0.39, 0.29) is 0 Å². The van der Waals surface area contributed by atoms with E-state index in [0.29, 0.717) is 0 Å². The van der Waals surface area contributed by atoms with Crippen LogP contribution < -0.4 is 5.32 Å². The molecule has 1 N–H and O–H groups in total. The van der Waals surface area contributed by atoms with Gasteiger partial charge in [-0.1, -0.05) is 38.0 Å². The quantitative estimate of drug-likeness (QED) is 0.765. The largest absolute Gasteiger partial charge is 0.370 e. The van der Waals surface area contributed by atoms with Crippen molar-refractivity contribution >= 4 is 16.7 Å². The molecule has 0 spiro atoms. The zero-order valence-corrected chi connectivity index (χ0v) is 9.74. The Hall–Kier alpha value is -1.57. The summed E-state index contributed by atoms with van der Waals surface area (Å²) in [5.74, 6) is 0.981. The van der Waals surface area contributed by atoms with E-state index in [1.807, 2.05) is 24.3 Å². The summed E-state index contributed by atoms with van der Waals surface area (Å²) in [5.41, 5.74) is 1.06. The molecule has 0 saturated carbocycles. The molecule has 2 rings (SSSR count). The number of benzene rings is 1. The molecular formula is C14H18N2. The van der Waals surface area contributed by atoms with E-state index >= 15 is 0 Å². The number of aromatic nitrogens is 1. The smallest absolute Gasteiger partial charge is 0.126 e. The summed E-state index contributed by atoms with van der Waals surface area (Å²) in [4.78, 5) is 4.56. The second-order valence-electron chi connectivity index (χ2n) is 4.02. The number of nitrogens with zero attached hydrogens (tertiary/aromatic N) is 1. The second kappa shape index (κ2) is 5.50. The average Bonchev–Trinajstić information content (AvgIpc) is 2.34. The van der Waals surface area contributed by atoms with Crippen molar-refractivity contribution in [3.8, 4) is 0 Å². The Morgan fingerprint density at radius 3 is 2.81 bits per heavy atom. The van der Waals surface area contributed by atoms with Gasteiger partial charge in [0.05, 0.1) is 5.52 Å². The summed E-state index contributed by atoms with van der Waals surface area (Å²) in [6.45, 7) is 3.23. The van der Waals surface area contributed by atoms with Gasteiger partial charge in [-0.2, -0.15) is 0 Å². The Balaban J connectivity index is 2.02. The number of nitrogens with one attached hydrogen (secondary N) is 1. The molecule has 1 heterocycles. The number of hydrogen-bond acceptors (Lipinski definition) is 2. The third-order valence-electron chi connectivity index (χ3n) is 2.68. The number of hydrogen-bond donors (Lipinski definition) is 1. The maximum absolute atomic E-state index is 4.56. The highest BCUT2D eigenvalue weighted by Crippen LogP contribution is 2.14. The third kappa shape index (κ3) is 2.72. The van der Waals surface area contributed by atoms with Crippen LogP contribution in [0.2, 0.25) is 0 Å². The standard InChI is InChI=1S/C14H18N2/c1-2-3-6-11-15-14-10-9-12-7-4-5-8-13(12)16-14/h4-5,7-10H,2-3,6,11H2,1H3,(H,15,16). The Bertz CT molecular complexity index is 451. The summed E-state index contributed by atoms with van der Waals surface area (Å²) in [6, 6.07) is 12.4. The molecule has 0 radical (unpaired) electrons. The molecule has 84 valence electrons. The minimum Gasteiger partial charge on any atom is -0.370 e. The van der Waals surface area contributed by atoms with Gasteiger partial charge in [-0.25, -0.2) is 4.98 Å². The summed E-state index contributed by atoms with van der Waals surface area (Å²) in [7, 11) is 0. The van der Waals surface area contributed by atoms with Gasteiger partial charge in [0.15, 0.2) is 0 Å². The molecule has 1 aromatic heterocycles. The van der Waals surface area contributed by atoms with Gasteiger partial charge in [0, 0.05) is 11.9 Å². The first-order chi connectivity index (χ1) is 7.90. The van der Waals surface area contributed by atoms with Crippen LogP contribution in [-0.4, -0.2) is 11.5 Å². The molecule has 1 aromatic carbocycles. The van der Waals surface area contributed by atoms with Crippen LogP contribution in [0.1, 0.15) is 26.2 Å². The number of unbranched alkanes of at least 4 members (excludes halogenated alkanes) is 2. The fraction of sp³-hybridized carbons (Fsp3) is 0.357. The normalized spacial score (nSPS) is 10.6. The molecule has 0 unspecified atom stereocenters. The molecule has 2 nitrogen and oxygen atoms in total. The van der Waals surface area contributed by atoms with E-state index in [0.717, 1.165) is 17.9 Å². The van der Waals surface area contributed by atoms with Crippen molar-refractivity contribution in [2.75, 3.05) is 11.9 Å². The highest BCUT2D eigenvalue weighted by molar-refractivity contribution is 5.79. The average molecular weight is 214 g/mol. The molecule has 2 heteroatoms. The number of para-hydroxylation sites is 1. The van der Waals surface area contributed by atoms with E-state index in [4.69, 9.17) is 0 Å². The van der Waals surface area contributed by atoms with Crippen LogP contribution in [0, 0.1) is 0 Å². The number of anilines is 1. The molecule has 0 aliphatic heterocycles. The van der Waals surface area contributed by atoms with Crippen LogP contribution in [0.3, 0.4) is 0 Å². The van der Waals surface area contributed by atoms with Gasteiger partial charge in [0.1, 0.15) is 5.82 Å². The summed E-state index contributed by atoms with van der Waals surface area (Å²) in [5, 5.41) is 4.56. The number of pyridine rings is 1. The van der Waals surface area contributed by atoms with E-state index < -0.39 is 0 Å². The fourth-order valence-electron chi connectivity index (χ4n) is 1.76. The lowest BCUT2D eigenvalue weighted by Gasteiger charge is -2.05. The highest BCUT2D eigenvalue weighted by atomic mass is 15.0. The van der Waals surface area contributed by atoms with E-state index in [1.54, 1.807) is 0 Å². The lowest BCUT2D eigenvalue weighted by molar-refractivity contribution is 0.742. The second-order valence-corrected chi connectivity index (χ2v) is 4.02. The van der Waals surface area contributed by atoms with Gasteiger partial charge >= 0.3 is 0 Å². The topological polar surface area (TPSA) is 24.9 Å². The zero-order valence-electron chi connectivity index (χ0n) is 9.74. The van der Waals surface area contributed by atoms with Gasteiger partial charge in [-0.05, 0) is 24.6 Å². The molecule has 0 saturated heterocycles. The van der Waals surface area contributed by atoms with Crippen molar-refractivity contribution in [3.05, 3.63) is 36.4 Å². The molecule has 0 bridgehead atoms. The van der Waals surface area contributed by atoms with Crippen molar-refractivity contribution in [1.29, 1.82) is 0 Å². The number of rotatable bonds is 5. The van der Waals surface area contributed by atoms with Crippen molar-refractivity contribution in [1.82, 2.24) is 4.98 Å². The Morgan fingerprint density at radius 2 is 1.94 bits per heavy atom. The fourth-order valence-corrected chi connectivity index (χ4v) is 1.76. The van der Waals surface area contributed by atoms with Gasteiger partial charge in [0.25, 0.3) is 0 Å². The van der Waals surface area contributed by atoms with Crippen LogP contribution in [0.25, 0.3) is 10.9 Å². The Labute approximate surface area is 96.7 Å². The summed E-state index contributed by atoms with van der Waals surface area (Å²) >= 11 is 0. The van der Waals surface area contributed by atoms with Crippen molar-refractivity contribution in [2.24, 2.45) is 0 Å².